The van der Waals surface area contributed by atoms with Gasteiger partial charge in [-0.25, -0.2) is 0 Å². The Bertz CT molecular complexity index is 261. The van der Waals surface area contributed by atoms with Gasteiger partial charge in [-0.15, -0.1) is 0 Å². The van der Waals surface area contributed by atoms with Crippen molar-refractivity contribution >= 4 is 0 Å². The number of benzene rings is 1. The van der Waals surface area contributed by atoms with Crippen LogP contribution in [0.1, 0.15) is 13.3 Å². The van der Waals surface area contributed by atoms with Crippen LogP contribution in [-0.2, 0) is 0 Å². The molecule has 3 aliphatic rings. The van der Waals surface area contributed by atoms with Crippen LogP contribution in [0, 0.1) is 5.92 Å². The molecule has 0 heteroatoms. The molecule has 0 N–H and O–H groups in total. The summed E-state index contributed by atoms with van der Waals surface area (Å²) in [6.45, 7) is 2.20. The van der Waals surface area contributed by atoms with Crippen LogP contribution < -0.4 is 0 Å². The van der Waals surface area contributed by atoms with Gasteiger partial charge in [0.1, 0.15) is 0 Å². The number of hydrogen-bond acceptors (Lipinski definition) is 0. The molecule has 0 radical (unpaired) electrons. The predicted octanol–water partition coefficient (Wildman–Crippen LogP) is 3.25. The maximum Gasteiger partial charge on any atom is -0.00557 e. The molecule has 3 aliphatic carbocycles. The van der Waals surface area contributed by atoms with Crippen LogP contribution in [0.3, 0.4) is 0 Å². The first-order valence-corrected chi connectivity index (χ1v) is 4.19. The van der Waals surface area contributed by atoms with Gasteiger partial charge in [0.2, 0.25) is 0 Å². The zero-order valence-corrected chi connectivity index (χ0v) is 6.75. The van der Waals surface area contributed by atoms with Gasteiger partial charge in [-0.05, 0) is 29.5 Å². The number of allylic oxidation sites excluding steroid dienone is 2. The molecular formula is C11H12. The van der Waals surface area contributed by atoms with Crippen molar-refractivity contribution in [3.05, 3.63) is 36.4 Å². The molecule has 0 fully saturated rings. The first-order chi connectivity index (χ1) is 5.40. The third kappa shape index (κ3) is 1.70. The minimum atomic E-state index is 0.884. The lowest BCUT2D eigenvalue weighted by atomic mass is 10.3. The lowest BCUT2D eigenvalue weighted by Crippen LogP contribution is -1.63. The maximum atomic E-state index is 2.22. The van der Waals surface area contributed by atoms with Crippen molar-refractivity contribution in [3.63, 3.8) is 0 Å². The summed E-state index contributed by atoms with van der Waals surface area (Å²) in [7, 11) is 0. The summed E-state index contributed by atoms with van der Waals surface area (Å²) >= 11 is 0. The summed E-state index contributed by atoms with van der Waals surface area (Å²) in [6.07, 6.45) is 5.75. The Labute approximate surface area is 67.6 Å². The fourth-order valence-electron chi connectivity index (χ4n) is 1.03. The molecule has 0 amide bonds. The van der Waals surface area contributed by atoms with Crippen molar-refractivity contribution < 1.29 is 0 Å². The van der Waals surface area contributed by atoms with Crippen LogP contribution in [0.25, 0.3) is 11.1 Å². The fourth-order valence-corrected chi connectivity index (χ4v) is 1.03. The van der Waals surface area contributed by atoms with Crippen molar-refractivity contribution in [2.75, 3.05) is 0 Å². The van der Waals surface area contributed by atoms with E-state index in [-0.39, 0.29) is 0 Å². The van der Waals surface area contributed by atoms with Gasteiger partial charge in [0.05, 0.1) is 0 Å². The molecule has 56 valence electrons. The third-order valence-corrected chi connectivity index (χ3v) is 2.05. The molecule has 0 unspecified atom stereocenters. The molecular weight excluding hydrogens is 132 g/mol. The summed E-state index contributed by atoms with van der Waals surface area (Å²) in [5.41, 5.74) is 2.85. The van der Waals surface area contributed by atoms with Crippen LogP contribution in [0.4, 0.5) is 0 Å². The topological polar surface area (TPSA) is 0 Å². The van der Waals surface area contributed by atoms with E-state index in [2.05, 4.69) is 43.3 Å². The van der Waals surface area contributed by atoms with Crippen molar-refractivity contribution in [2.24, 2.45) is 5.92 Å². The summed E-state index contributed by atoms with van der Waals surface area (Å²) in [6, 6.07) is 8.48. The normalized spacial score (nSPS) is 15.4. The first kappa shape index (κ1) is 6.66. The van der Waals surface area contributed by atoms with E-state index in [1.807, 2.05) is 0 Å². The Balaban J connectivity index is 0.0000000893. The van der Waals surface area contributed by atoms with E-state index in [1.165, 1.54) is 17.5 Å². The standard InChI is InChI=1S/C6H4.C5H8/c1-2-5-4-6(5)3-1;1-2-5-3-4-5/h1-4H;3-5H,2H2,1H3. The first-order valence-electron chi connectivity index (χ1n) is 4.19. The molecule has 0 atom stereocenters. The maximum absolute atomic E-state index is 2.22. The fraction of sp³-hybridized carbons (Fsp3) is 0.273. The summed E-state index contributed by atoms with van der Waals surface area (Å²) in [5.74, 6) is 0.884. The Hall–Kier alpha value is -1.04. The number of rotatable bonds is 1. The van der Waals surface area contributed by atoms with Crippen LogP contribution in [0.5, 0.6) is 0 Å². The monoisotopic (exact) mass is 144 g/mol. The van der Waals surface area contributed by atoms with E-state index in [0.29, 0.717) is 0 Å². The highest BCUT2D eigenvalue weighted by Crippen LogP contribution is 2.32. The van der Waals surface area contributed by atoms with Crippen LogP contribution >= 0.6 is 0 Å². The number of fused-ring (bicyclic) bond motifs is 1. The second-order valence-electron chi connectivity index (χ2n) is 3.04. The van der Waals surface area contributed by atoms with Crippen molar-refractivity contribution in [3.8, 4) is 11.1 Å². The van der Waals surface area contributed by atoms with Gasteiger partial charge in [-0.3, -0.25) is 0 Å². The van der Waals surface area contributed by atoms with E-state index in [1.54, 1.807) is 0 Å². The average molecular weight is 144 g/mol. The summed E-state index contributed by atoms with van der Waals surface area (Å²) in [4.78, 5) is 0. The minimum Gasteiger partial charge on any atom is -0.0810 e. The van der Waals surface area contributed by atoms with E-state index >= 15 is 0 Å². The molecule has 0 aromatic rings. The quantitative estimate of drug-likeness (QED) is 0.539. The Morgan fingerprint density at radius 1 is 1.18 bits per heavy atom. The molecule has 0 saturated heterocycles. The van der Waals surface area contributed by atoms with Gasteiger partial charge < -0.3 is 0 Å². The zero-order valence-electron chi connectivity index (χ0n) is 6.75. The van der Waals surface area contributed by atoms with Crippen molar-refractivity contribution in [2.45, 2.75) is 13.3 Å². The Morgan fingerprint density at radius 2 is 1.82 bits per heavy atom. The molecule has 0 nitrogen and oxygen atoms in total. The highest BCUT2D eigenvalue weighted by atomic mass is 14.1. The van der Waals surface area contributed by atoms with Gasteiger partial charge >= 0.3 is 0 Å². The van der Waals surface area contributed by atoms with E-state index in [4.69, 9.17) is 0 Å². The lowest BCUT2D eigenvalue weighted by Gasteiger charge is -1.75. The zero-order chi connectivity index (χ0) is 7.68. The molecule has 0 aromatic carbocycles. The van der Waals surface area contributed by atoms with Gasteiger partial charge in [0.15, 0.2) is 0 Å². The van der Waals surface area contributed by atoms with Gasteiger partial charge in [-0.2, -0.15) is 0 Å². The predicted molar refractivity (Wildman–Crippen MR) is 48.4 cm³/mol. The summed E-state index contributed by atoms with van der Waals surface area (Å²) in [5, 5.41) is 0. The second kappa shape index (κ2) is 2.54. The molecule has 0 aromatic heterocycles. The molecule has 0 aliphatic heterocycles. The molecule has 0 spiro atoms. The highest BCUT2D eigenvalue weighted by molar-refractivity contribution is 5.80. The van der Waals surface area contributed by atoms with E-state index in [0.717, 1.165) is 5.92 Å². The van der Waals surface area contributed by atoms with Gasteiger partial charge in [-0.1, -0.05) is 37.3 Å². The van der Waals surface area contributed by atoms with Crippen LogP contribution in [0.2, 0.25) is 0 Å². The van der Waals surface area contributed by atoms with Crippen LogP contribution in [0.15, 0.2) is 36.4 Å². The molecule has 0 heterocycles. The van der Waals surface area contributed by atoms with E-state index in [9.17, 15) is 0 Å². The third-order valence-electron chi connectivity index (χ3n) is 2.05. The largest absolute Gasteiger partial charge is 0.0810 e. The highest BCUT2D eigenvalue weighted by Gasteiger charge is 2.07. The second-order valence-corrected chi connectivity index (χ2v) is 3.04. The average Bonchev–Trinajstić information content (AvgIpc) is 2.95. The smallest absolute Gasteiger partial charge is 0.00557 e. The lowest BCUT2D eigenvalue weighted by molar-refractivity contribution is 0.865. The van der Waals surface area contributed by atoms with E-state index < -0.39 is 0 Å². The van der Waals surface area contributed by atoms with Crippen LogP contribution in [-0.4, -0.2) is 0 Å². The van der Waals surface area contributed by atoms with Gasteiger partial charge in [0.25, 0.3) is 0 Å². The Morgan fingerprint density at radius 3 is 1.91 bits per heavy atom. The molecule has 11 heavy (non-hydrogen) atoms. The molecule has 3 rings (SSSR count). The van der Waals surface area contributed by atoms with Crippen molar-refractivity contribution in [1.29, 1.82) is 0 Å². The Kier molecular flexibility index (Phi) is 1.54. The SMILES string of the molecule is CCC1C=C1.c1cc2cc-2c1. The molecule has 0 bridgehead atoms. The van der Waals surface area contributed by atoms with Crippen molar-refractivity contribution in [1.82, 2.24) is 0 Å². The summed E-state index contributed by atoms with van der Waals surface area (Å²) < 4.78 is 0. The number of hydrogen-bond donors (Lipinski definition) is 0. The van der Waals surface area contributed by atoms with Gasteiger partial charge in [0, 0.05) is 0 Å². The molecule has 0 saturated carbocycles. The minimum absolute atomic E-state index is 0.884.